The summed E-state index contributed by atoms with van der Waals surface area (Å²) < 4.78 is 0. The topological polar surface area (TPSA) is 49.3 Å². The molecule has 2 N–H and O–H groups in total. The molecule has 154 valence electrons. The molecule has 0 fully saturated rings. The highest BCUT2D eigenvalue weighted by atomic mass is 31.1. The van der Waals surface area contributed by atoms with Crippen molar-refractivity contribution >= 4 is 24.4 Å². The van der Waals surface area contributed by atoms with Gasteiger partial charge in [-0.25, -0.2) is 0 Å². The van der Waals surface area contributed by atoms with Crippen LogP contribution in [-0.4, -0.2) is 22.6 Å². The van der Waals surface area contributed by atoms with Crippen molar-refractivity contribution in [3.05, 3.63) is 12.2 Å². The van der Waals surface area contributed by atoms with E-state index in [1.807, 2.05) is 0 Å². The average Bonchev–Trinajstić information content (AvgIpc) is 2.57. The van der Waals surface area contributed by atoms with E-state index in [0.717, 1.165) is 12.8 Å². The summed E-state index contributed by atoms with van der Waals surface area (Å²) in [6, 6.07) is 0. The van der Waals surface area contributed by atoms with Crippen molar-refractivity contribution in [3.8, 4) is 0 Å². The van der Waals surface area contributed by atoms with E-state index < -0.39 is 5.08 Å². The van der Waals surface area contributed by atoms with Crippen molar-refractivity contribution in [2.24, 2.45) is 0 Å². The van der Waals surface area contributed by atoms with E-state index in [2.05, 4.69) is 42.9 Å². The molecule has 0 aromatic carbocycles. The van der Waals surface area contributed by atoms with Crippen molar-refractivity contribution in [1.29, 1.82) is 0 Å². The van der Waals surface area contributed by atoms with Gasteiger partial charge in [0.05, 0.1) is 5.08 Å². The zero-order chi connectivity index (χ0) is 19.5. The van der Waals surface area contributed by atoms with Gasteiger partial charge in [-0.15, -0.1) is 0 Å². The molecule has 2 unspecified atom stereocenters. The number of unbranched alkanes of at least 4 members (excludes halogenated alkanes) is 11. The van der Waals surface area contributed by atoms with Crippen molar-refractivity contribution in [2.75, 3.05) is 6.54 Å². The minimum Gasteiger partial charge on any atom is -0.382 e. The highest BCUT2D eigenvalue weighted by Gasteiger charge is 2.12. The van der Waals surface area contributed by atoms with Gasteiger partial charge in [0.2, 0.25) is 5.91 Å². The van der Waals surface area contributed by atoms with Crippen LogP contribution in [0.3, 0.4) is 0 Å². The van der Waals surface area contributed by atoms with Crippen LogP contribution in [0.25, 0.3) is 0 Å². The van der Waals surface area contributed by atoms with Crippen LogP contribution in [0, 0.1) is 0 Å². The van der Waals surface area contributed by atoms with Crippen molar-refractivity contribution in [1.82, 2.24) is 5.32 Å². The Kier molecular flexibility index (Phi) is 18.4. The molecule has 0 saturated heterocycles. The van der Waals surface area contributed by atoms with Crippen LogP contribution in [0.15, 0.2) is 12.2 Å². The van der Waals surface area contributed by atoms with Crippen LogP contribution in [0.2, 0.25) is 0 Å². The lowest BCUT2D eigenvalue weighted by molar-refractivity contribution is -0.121. The quantitative estimate of drug-likeness (QED) is 0.169. The minimum absolute atomic E-state index is 0.0990. The SMILES string of the molecule is CCCCCCCC/C=C\CCCCCCCC(=O)NCCC(O)(P)P. The average molecular weight is 404 g/mol. The van der Waals surface area contributed by atoms with Gasteiger partial charge in [-0.2, -0.15) is 0 Å². The Labute approximate surface area is 167 Å². The number of nitrogens with one attached hydrogen (secondary N) is 1. The summed E-state index contributed by atoms with van der Waals surface area (Å²) in [4.78, 5) is 11.6. The van der Waals surface area contributed by atoms with Crippen molar-refractivity contribution in [2.45, 2.75) is 108 Å². The first-order chi connectivity index (χ1) is 12.5. The molecule has 0 saturated carbocycles. The maximum Gasteiger partial charge on any atom is 0.219 e. The lowest BCUT2D eigenvalue weighted by Crippen LogP contribution is -2.27. The number of hydrogen-bond acceptors (Lipinski definition) is 2. The van der Waals surface area contributed by atoms with E-state index in [0.29, 0.717) is 19.4 Å². The predicted octanol–water partition coefficient (Wildman–Crippen LogP) is 5.93. The maximum absolute atomic E-state index is 11.6. The molecule has 0 aromatic heterocycles. The molecule has 0 bridgehead atoms. The van der Waals surface area contributed by atoms with Gasteiger partial charge in [-0.1, -0.05) is 88.9 Å². The zero-order valence-corrected chi connectivity index (χ0v) is 19.3. The number of allylic oxidation sites excluding steroid dienone is 2. The fourth-order valence-electron chi connectivity index (χ4n) is 2.85. The second-order valence-corrected chi connectivity index (χ2v) is 10.1. The van der Waals surface area contributed by atoms with E-state index >= 15 is 0 Å². The minimum atomic E-state index is -0.865. The first-order valence-electron chi connectivity index (χ1n) is 10.7. The second kappa shape index (κ2) is 18.4. The van der Waals surface area contributed by atoms with Gasteiger partial charge in [0, 0.05) is 19.4 Å². The van der Waals surface area contributed by atoms with Crippen LogP contribution in [0.5, 0.6) is 0 Å². The monoisotopic (exact) mass is 403 g/mol. The second-order valence-electron chi connectivity index (χ2n) is 7.43. The van der Waals surface area contributed by atoms with Gasteiger partial charge in [0.1, 0.15) is 0 Å². The van der Waals surface area contributed by atoms with Gasteiger partial charge in [-0.05, 0) is 32.1 Å². The zero-order valence-electron chi connectivity index (χ0n) is 17.0. The Bertz CT molecular complexity index is 354. The molecule has 0 radical (unpaired) electrons. The molecule has 5 heteroatoms. The molecular weight excluding hydrogens is 360 g/mol. The smallest absolute Gasteiger partial charge is 0.219 e. The highest BCUT2D eigenvalue weighted by Crippen LogP contribution is 2.25. The molecular formula is C21H43NO2P2. The largest absolute Gasteiger partial charge is 0.382 e. The van der Waals surface area contributed by atoms with Crippen LogP contribution in [-0.2, 0) is 4.79 Å². The van der Waals surface area contributed by atoms with Crippen LogP contribution in [0.4, 0.5) is 0 Å². The Morgan fingerprint density at radius 1 is 0.885 bits per heavy atom. The Morgan fingerprint density at radius 2 is 1.38 bits per heavy atom. The van der Waals surface area contributed by atoms with Crippen molar-refractivity contribution < 1.29 is 9.90 Å². The van der Waals surface area contributed by atoms with Gasteiger partial charge in [-0.3, -0.25) is 4.79 Å². The summed E-state index contributed by atoms with van der Waals surface area (Å²) in [6.45, 7) is 2.78. The van der Waals surface area contributed by atoms with E-state index in [-0.39, 0.29) is 5.91 Å². The third-order valence-electron chi connectivity index (χ3n) is 4.51. The maximum atomic E-state index is 11.6. The van der Waals surface area contributed by atoms with Crippen LogP contribution < -0.4 is 5.32 Å². The number of aliphatic hydroxyl groups is 1. The van der Waals surface area contributed by atoms with Gasteiger partial charge < -0.3 is 10.4 Å². The number of carbonyl (C=O) groups is 1. The molecule has 0 aliphatic rings. The van der Waals surface area contributed by atoms with E-state index in [4.69, 9.17) is 0 Å². The lowest BCUT2D eigenvalue weighted by atomic mass is 10.1. The van der Waals surface area contributed by atoms with E-state index in [1.54, 1.807) is 0 Å². The highest BCUT2D eigenvalue weighted by molar-refractivity contribution is 7.39. The van der Waals surface area contributed by atoms with Crippen LogP contribution >= 0.6 is 18.5 Å². The summed E-state index contributed by atoms with van der Waals surface area (Å²) in [5.74, 6) is 0.0990. The summed E-state index contributed by atoms with van der Waals surface area (Å²) in [5.41, 5.74) is 0. The van der Waals surface area contributed by atoms with Gasteiger partial charge >= 0.3 is 0 Å². The number of carbonyl (C=O) groups excluding carboxylic acids is 1. The molecule has 0 heterocycles. The molecule has 0 spiro atoms. The summed E-state index contributed by atoms with van der Waals surface area (Å²) in [5, 5.41) is 11.5. The number of hydrogen-bond donors (Lipinski definition) is 2. The Morgan fingerprint density at radius 3 is 1.92 bits per heavy atom. The number of amides is 1. The first kappa shape index (κ1) is 26.0. The summed E-state index contributed by atoms with van der Waals surface area (Å²) in [7, 11) is 4.69. The van der Waals surface area contributed by atoms with Crippen molar-refractivity contribution in [3.63, 3.8) is 0 Å². The molecule has 26 heavy (non-hydrogen) atoms. The van der Waals surface area contributed by atoms with Gasteiger partial charge in [0.15, 0.2) is 0 Å². The third-order valence-corrected chi connectivity index (χ3v) is 5.09. The van der Waals surface area contributed by atoms with E-state index in [1.165, 1.54) is 70.6 Å². The predicted molar refractivity (Wildman–Crippen MR) is 121 cm³/mol. The standard InChI is InChI=1S/C21H43NO2P2/c1-2-3-4-5-6-7-8-9-10-11-12-13-14-15-16-17-20(23)22-19-18-21(24,25)26/h9-10,24H,2-8,11-19,25-26H2,1H3,(H,22,23)/b10-9-. The Balaban J connectivity index is 3.25. The molecule has 2 atom stereocenters. The lowest BCUT2D eigenvalue weighted by Gasteiger charge is -2.16. The molecule has 3 nitrogen and oxygen atoms in total. The normalized spacial score (nSPS) is 12.0. The van der Waals surface area contributed by atoms with Crippen LogP contribution in [0.1, 0.15) is 103 Å². The summed E-state index contributed by atoms with van der Waals surface area (Å²) >= 11 is 0. The number of rotatable bonds is 18. The Hall–Kier alpha value is 0.0300. The molecule has 0 aliphatic heterocycles. The molecule has 0 aliphatic carbocycles. The van der Waals surface area contributed by atoms with Gasteiger partial charge in [0.25, 0.3) is 0 Å². The van der Waals surface area contributed by atoms with E-state index in [9.17, 15) is 9.90 Å². The fraction of sp³-hybridized carbons (Fsp3) is 0.857. The fourth-order valence-corrected chi connectivity index (χ4v) is 3.14. The molecule has 1 amide bonds. The third kappa shape index (κ3) is 22.1. The molecule has 0 rings (SSSR count). The molecule has 0 aromatic rings. The first-order valence-corrected chi connectivity index (χ1v) is 11.8. The summed E-state index contributed by atoms with van der Waals surface area (Å²) in [6.07, 6.45) is 22.4.